The average Bonchev–Trinajstić information content (AvgIpc) is 2.06. The van der Waals surface area contributed by atoms with Crippen LogP contribution in [0.15, 0.2) is 12.1 Å². The van der Waals surface area contributed by atoms with Crippen molar-refractivity contribution in [1.82, 2.24) is 0 Å². The summed E-state index contributed by atoms with van der Waals surface area (Å²) < 4.78 is 13.3. The van der Waals surface area contributed by atoms with E-state index in [0.717, 1.165) is 0 Å². The van der Waals surface area contributed by atoms with E-state index in [1.54, 1.807) is 26.0 Å². The largest absolute Gasteiger partial charge is 0.376 e. The van der Waals surface area contributed by atoms with Gasteiger partial charge in [0, 0.05) is 11.3 Å². The zero-order valence-electron chi connectivity index (χ0n) is 7.52. The fourth-order valence-electron chi connectivity index (χ4n) is 1.09. The predicted octanol–water partition coefficient (Wildman–Crippen LogP) is 2.10. The maximum absolute atomic E-state index is 13.3. The number of rotatable bonds is 1. The van der Waals surface area contributed by atoms with Crippen LogP contribution in [0.2, 0.25) is 0 Å². The monoisotopic (exact) mass is 198 g/mol. The molecule has 0 fully saturated rings. The van der Waals surface area contributed by atoms with Crippen LogP contribution in [0.4, 0.5) is 10.1 Å². The molecule has 0 spiro atoms. The normalized spacial score (nSPS) is 9.77. The number of nitrogens with one attached hydrogen (secondary N) is 1. The van der Waals surface area contributed by atoms with Crippen LogP contribution in [0.3, 0.4) is 0 Å². The van der Waals surface area contributed by atoms with Gasteiger partial charge in [-0.3, -0.25) is 0 Å². The van der Waals surface area contributed by atoms with Crippen molar-refractivity contribution in [3.8, 4) is 0 Å². The molecule has 0 amide bonds. The highest BCUT2D eigenvalue weighted by Gasteiger charge is 2.06. The number of benzene rings is 1. The van der Waals surface area contributed by atoms with E-state index in [1.165, 1.54) is 0 Å². The Morgan fingerprint density at radius 1 is 1.46 bits per heavy atom. The Hall–Kier alpha value is -1.16. The van der Waals surface area contributed by atoms with Crippen molar-refractivity contribution in [2.75, 3.05) is 5.32 Å². The maximum atomic E-state index is 13.3. The van der Waals surface area contributed by atoms with Crippen molar-refractivity contribution in [3.05, 3.63) is 29.1 Å². The molecule has 0 saturated heterocycles. The SMILES string of the molecule is Cc1ccc(NC(N)=S)c(C)c1F. The second-order valence-corrected chi connectivity index (χ2v) is 3.30. The van der Waals surface area contributed by atoms with E-state index >= 15 is 0 Å². The molecule has 0 aliphatic rings. The number of nitrogens with two attached hydrogens (primary N) is 1. The topological polar surface area (TPSA) is 38.0 Å². The van der Waals surface area contributed by atoms with Gasteiger partial charge in [0.1, 0.15) is 5.82 Å². The highest BCUT2D eigenvalue weighted by atomic mass is 32.1. The van der Waals surface area contributed by atoms with E-state index in [4.69, 9.17) is 5.73 Å². The molecule has 0 atom stereocenters. The predicted molar refractivity (Wildman–Crippen MR) is 56.3 cm³/mol. The Labute approximate surface area is 81.9 Å². The van der Waals surface area contributed by atoms with Crippen molar-refractivity contribution < 1.29 is 4.39 Å². The first-order valence-electron chi connectivity index (χ1n) is 3.84. The second-order valence-electron chi connectivity index (χ2n) is 2.86. The van der Waals surface area contributed by atoms with Crippen LogP contribution in [0, 0.1) is 19.7 Å². The lowest BCUT2D eigenvalue weighted by Gasteiger charge is -2.09. The van der Waals surface area contributed by atoms with Gasteiger partial charge in [-0.1, -0.05) is 6.07 Å². The summed E-state index contributed by atoms with van der Waals surface area (Å²) in [5.41, 5.74) is 7.05. The molecule has 2 nitrogen and oxygen atoms in total. The first-order chi connectivity index (χ1) is 6.02. The summed E-state index contributed by atoms with van der Waals surface area (Å²) in [6.07, 6.45) is 0. The van der Waals surface area contributed by atoms with E-state index in [9.17, 15) is 4.39 Å². The molecule has 0 unspecified atom stereocenters. The minimum Gasteiger partial charge on any atom is -0.376 e. The lowest BCUT2D eigenvalue weighted by Crippen LogP contribution is -2.19. The van der Waals surface area contributed by atoms with Crippen molar-refractivity contribution >= 4 is 23.0 Å². The van der Waals surface area contributed by atoms with Gasteiger partial charge in [0.15, 0.2) is 5.11 Å². The van der Waals surface area contributed by atoms with Crippen LogP contribution >= 0.6 is 12.2 Å². The van der Waals surface area contributed by atoms with Gasteiger partial charge in [0.05, 0.1) is 0 Å². The fourth-order valence-corrected chi connectivity index (χ4v) is 1.20. The first kappa shape index (κ1) is 9.92. The van der Waals surface area contributed by atoms with E-state index in [1.807, 2.05) is 0 Å². The van der Waals surface area contributed by atoms with Gasteiger partial charge in [-0.05, 0) is 37.7 Å². The molecule has 1 aromatic carbocycles. The van der Waals surface area contributed by atoms with Crippen LogP contribution in [0.5, 0.6) is 0 Å². The number of anilines is 1. The molecule has 0 aromatic heterocycles. The molecule has 1 rings (SSSR count). The highest BCUT2D eigenvalue weighted by molar-refractivity contribution is 7.80. The average molecular weight is 198 g/mol. The Morgan fingerprint density at radius 3 is 2.62 bits per heavy atom. The molecule has 0 bridgehead atoms. The smallest absolute Gasteiger partial charge is 0.168 e. The van der Waals surface area contributed by atoms with Gasteiger partial charge < -0.3 is 11.1 Å². The van der Waals surface area contributed by atoms with Gasteiger partial charge >= 0.3 is 0 Å². The Bertz CT molecular complexity index is 350. The van der Waals surface area contributed by atoms with Gasteiger partial charge in [0.25, 0.3) is 0 Å². The molecule has 1 aromatic rings. The molecular weight excluding hydrogens is 187 g/mol. The Balaban J connectivity index is 3.10. The quantitative estimate of drug-likeness (QED) is 0.679. The third-order valence-electron chi connectivity index (χ3n) is 1.84. The molecule has 13 heavy (non-hydrogen) atoms. The molecule has 0 aliphatic carbocycles. The van der Waals surface area contributed by atoms with E-state index in [-0.39, 0.29) is 10.9 Å². The molecule has 0 radical (unpaired) electrons. The number of aryl methyl sites for hydroxylation is 1. The van der Waals surface area contributed by atoms with Gasteiger partial charge in [-0.2, -0.15) is 0 Å². The summed E-state index contributed by atoms with van der Waals surface area (Å²) in [5, 5.41) is 2.86. The lowest BCUT2D eigenvalue weighted by molar-refractivity contribution is 0.610. The third-order valence-corrected chi connectivity index (χ3v) is 1.94. The zero-order valence-corrected chi connectivity index (χ0v) is 8.33. The standard InChI is InChI=1S/C9H11FN2S/c1-5-3-4-7(12-9(11)13)6(2)8(5)10/h3-4H,1-2H3,(H3,11,12,13). The summed E-state index contributed by atoms with van der Waals surface area (Å²) in [5.74, 6) is -0.221. The lowest BCUT2D eigenvalue weighted by atomic mass is 10.1. The van der Waals surface area contributed by atoms with Crippen LogP contribution in [-0.4, -0.2) is 5.11 Å². The Morgan fingerprint density at radius 2 is 2.08 bits per heavy atom. The summed E-state index contributed by atoms with van der Waals surface area (Å²) in [4.78, 5) is 0. The number of halogens is 1. The first-order valence-corrected chi connectivity index (χ1v) is 4.25. The summed E-state index contributed by atoms with van der Waals surface area (Å²) in [6.45, 7) is 3.40. The fraction of sp³-hybridized carbons (Fsp3) is 0.222. The molecule has 70 valence electrons. The molecule has 3 N–H and O–H groups in total. The minimum atomic E-state index is -0.221. The van der Waals surface area contributed by atoms with Crippen LogP contribution in [0.25, 0.3) is 0 Å². The van der Waals surface area contributed by atoms with Crippen LogP contribution in [0.1, 0.15) is 11.1 Å². The number of thiocarbonyl (C=S) groups is 1. The number of hydrogen-bond donors (Lipinski definition) is 2. The number of hydrogen-bond acceptors (Lipinski definition) is 1. The summed E-state index contributed by atoms with van der Waals surface area (Å²) >= 11 is 4.66. The summed E-state index contributed by atoms with van der Waals surface area (Å²) in [6, 6.07) is 3.44. The molecule has 4 heteroatoms. The third kappa shape index (κ3) is 2.15. The van der Waals surface area contributed by atoms with E-state index < -0.39 is 0 Å². The zero-order chi connectivity index (χ0) is 10.0. The van der Waals surface area contributed by atoms with Gasteiger partial charge in [-0.25, -0.2) is 4.39 Å². The Kier molecular flexibility index (Phi) is 2.83. The van der Waals surface area contributed by atoms with Crippen LogP contribution in [-0.2, 0) is 0 Å². The molecular formula is C9H11FN2S. The molecule has 0 saturated carbocycles. The van der Waals surface area contributed by atoms with Crippen molar-refractivity contribution in [3.63, 3.8) is 0 Å². The van der Waals surface area contributed by atoms with Crippen LogP contribution < -0.4 is 11.1 Å². The van der Waals surface area contributed by atoms with E-state index in [0.29, 0.717) is 16.8 Å². The van der Waals surface area contributed by atoms with E-state index in [2.05, 4.69) is 17.5 Å². The van der Waals surface area contributed by atoms with Crippen molar-refractivity contribution in [2.45, 2.75) is 13.8 Å². The highest BCUT2D eigenvalue weighted by Crippen LogP contribution is 2.20. The second kappa shape index (κ2) is 3.70. The minimum absolute atomic E-state index is 0.145. The maximum Gasteiger partial charge on any atom is 0.168 e. The molecule has 0 aliphatic heterocycles. The summed E-state index contributed by atoms with van der Waals surface area (Å²) in [7, 11) is 0. The van der Waals surface area contributed by atoms with Crippen molar-refractivity contribution in [2.24, 2.45) is 5.73 Å². The van der Waals surface area contributed by atoms with Gasteiger partial charge in [-0.15, -0.1) is 0 Å². The van der Waals surface area contributed by atoms with Crippen molar-refractivity contribution in [1.29, 1.82) is 0 Å². The molecule has 0 heterocycles. The van der Waals surface area contributed by atoms with Gasteiger partial charge in [0.2, 0.25) is 0 Å².